The zero-order chi connectivity index (χ0) is 21.3. The molecule has 0 unspecified atom stereocenters. The molecule has 0 radical (unpaired) electrons. The van der Waals surface area contributed by atoms with Crippen LogP contribution in [0.1, 0.15) is 67.2 Å². The van der Waals surface area contributed by atoms with Gasteiger partial charge in [0.1, 0.15) is 0 Å². The summed E-state index contributed by atoms with van der Waals surface area (Å²) in [7, 11) is 0. The number of rotatable bonds is 4. The normalized spacial score (nSPS) is 15.4. The number of fused-ring (bicyclic) bond motifs is 1. The topological polar surface area (TPSA) is 44.7 Å². The van der Waals surface area contributed by atoms with Crippen molar-refractivity contribution in [2.45, 2.75) is 60.0 Å². The predicted octanol–water partition coefficient (Wildman–Crippen LogP) is 5.48. The maximum atomic E-state index is 12.3. The second-order valence-corrected chi connectivity index (χ2v) is 8.74. The number of allylic oxidation sites excluding steroid dienone is 1. The van der Waals surface area contributed by atoms with Gasteiger partial charge in [0, 0.05) is 22.9 Å². The molecule has 0 bridgehead atoms. The van der Waals surface area contributed by atoms with Gasteiger partial charge < -0.3 is 4.90 Å². The van der Waals surface area contributed by atoms with Crippen LogP contribution in [0.4, 0.5) is 5.69 Å². The zero-order valence-corrected chi connectivity index (χ0v) is 18.5. The molecule has 2 aromatic rings. The van der Waals surface area contributed by atoms with Crippen LogP contribution in [0.2, 0.25) is 0 Å². The lowest BCUT2D eigenvalue weighted by Crippen LogP contribution is -2.49. The third-order valence-corrected chi connectivity index (χ3v) is 5.46. The zero-order valence-electron chi connectivity index (χ0n) is 18.5. The number of amides is 1. The fourth-order valence-corrected chi connectivity index (χ4v) is 4.22. The minimum Gasteiger partial charge on any atom is -0.360 e. The van der Waals surface area contributed by atoms with Gasteiger partial charge in [-0.05, 0) is 89.4 Å². The summed E-state index contributed by atoms with van der Waals surface area (Å²) in [6.07, 6.45) is 4.05. The fraction of sp³-hybridized carbons (Fsp3) is 0.360. The summed E-state index contributed by atoms with van der Waals surface area (Å²) in [5, 5.41) is 4.20. The summed E-state index contributed by atoms with van der Waals surface area (Å²) < 4.78 is 0. The fourth-order valence-electron chi connectivity index (χ4n) is 4.22. The maximum absolute atomic E-state index is 12.3. The van der Waals surface area contributed by atoms with E-state index in [1.54, 1.807) is 18.3 Å². The summed E-state index contributed by atoms with van der Waals surface area (Å²) >= 11 is 0. The Hall–Kier alpha value is -2.88. The third kappa shape index (κ3) is 4.26. The van der Waals surface area contributed by atoms with Crippen LogP contribution in [0.5, 0.6) is 0 Å². The average molecular weight is 390 g/mol. The minimum atomic E-state index is -0.208. The van der Waals surface area contributed by atoms with Gasteiger partial charge in [-0.3, -0.25) is 4.79 Å². The van der Waals surface area contributed by atoms with Crippen LogP contribution in [-0.4, -0.2) is 23.7 Å². The summed E-state index contributed by atoms with van der Waals surface area (Å²) in [5.41, 5.74) is 10.2. The Bertz CT molecular complexity index is 982. The number of hydrogen-bond donors (Lipinski definition) is 1. The van der Waals surface area contributed by atoms with Gasteiger partial charge >= 0.3 is 0 Å². The molecule has 152 valence electrons. The van der Waals surface area contributed by atoms with Gasteiger partial charge in [0.05, 0.1) is 11.8 Å². The molecule has 1 aliphatic rings. The summed E-state index contributed by atoms with van der Waals surface area (Å²) in [4.78, 5) is 14.7. The van der Waals surface area contributed by atoms with Crippen LogP contribution in [0.15, 0.2) is 47.6 Å². The monoisotopic (exact) mass is 389 g/mol. The molecule has 1 N–H and O–H groups in total. The minimum absolute atomic E-state index is 0.0324. The van der Waals surface area contributed by atoms with Gasteiger partial charge in [-0.15, -0.1) is 0 Å². The molecular formula is C25H31N3O. The van der Waals surface area contributed by atoms with E-state index in [-0.39, 0.29) is 11.4 Å². The number of anilines is 1. The van der Waals surface area contributed by atoms with E-state index in [1.165, 1.54) is 16.8 Å². The van der Waals surface area contributed by atoms with Crippen LogP contribution in [0.25, 0.3) is 5.57 Å². The highest BCUT2D eigenvalue weighted by Gasteiger charge is 2.33. The van der Waals surface area contributed by atoms with Crippen molar-refractivity contribution in [2.75, 3.05) is 4.90 Å². The molecule has 4 heteroatoms. The molecule has 1 heterocycles. The van der Waals surface area contributed by atoms with Crippen LogP contribution in [0.3, 0.4) is 0 Å². The van der Waals surface area contributed by atoms with E-state index in [0.29, 0.717) is 11.6 Å². The molecule has 29 heavy (non-hydrogen) atoms. The first-order chi connectivity index (χ1) is 13.6. The van der Waals surface area contributed by atoms with Gasteiger partial charge in [-0.2, -0.15) is 5.10 Å². The van der Waals surface area contributed by atoms with E-state index >= 15 is 0 Å². The molecule has 3 rings (SSSR count). The highest BCUT2D eigenvalue weighted by molar-refractivity contribution is 5.95. The Balaban J connectivity index is 1.87. The smallest absolute Gasteiger partial charge is 0.271 e. The van der Waals surface area contributed by atoms with Crippen LogP contribution in [0, 0.1) is 13.8 Å². The van der Waals surface area contributed by atoms with E-state index < -0.39 is 0 Å². The lowest BCUT2D eigenvalue weighted by molar-refractivity contribution is 0.0955. The second kappa shape index (κ2) is 7.86. The van der Waals surface area contributed by atoms with Crippen molar-refractivity contribution < 1.29 is 4.79 Å². The molecule has 0 aromatic heterocycles. The Morgan fingerprint density at radius 1 is 1.10 bits per heavy atom. The number of carbonyl (C=O) groups excluding carboxylic acids is 1. The second-order valence-electron chi connectivity index (χ2n) is 8.74. The lowest BCUT2D eigenvalue weighted by Gasteiger charge is -2.46. The van der Waals surface area contributed by atoms with E-state index in [0.717, 1.165) is 16.7 Å². The Morgan fingerprint density at radius 2 is 1.76 bits per heavy atom. The summed E-state index contributed by atoms with van der Waals surface area (Å²) in [6.45, 7) is 15.2. The predicted molar refractivity (Wildman–Crippen MR) is 123 cm³/mol. The van der Waals surface area contributed by atoms with E-state index in [9.17, 15) is 4.79 Å². The Labute approximate surface area is 174 Å². The number of nitrogens with one attached hydrogen (secondary N) is 1. The van der Waals surface area contributed by atoms with Crippen molar-refractivity contribution in [1.82, 2.24) is 5.43 Å². The van der Waals surface area contributed by atoms with E-state index in [4.69, 9.17) is 0 Å². The largest absolute Gasteiger partial charge is 0.360 e. The number of carbonyl (C=O) groups is 1. The van der Waals surface area contributed by atoms with E-state index in [1.807, 2.05) is 19.1 Å². The van der Waals surface area contributed by atoms with Gasteiger partial charge in [-0.1, -0.05) is 23.8 Å². The highest BCUT2D eigenvalue weighted by Crippen LogP contribution is 2.41. The van der Waals surface area contributed by atoms with Crippen molar-refractivity contribution in [3.05, 3.63) is 70.3 Å². The van der Waals surface area contributed by atoms with Crippen molar-refractivity contribution in [2.24, 2.45) is 5.10 Å². The number of benzene rings is 2. The van der Waals surface area contributed by atoms with Crippen LogP contribution in [-0.2, 0) is 0 Å². The molecule has 4 nitrogen and oxygen atoms in total. The number of aryl methyl sites for hydroxylation is 2. The number of hydrazone groups is 1. The van der Waals surface area contributed by atoms with Crippen molar-refractivity contribution in [3.8, 4) is 0 Å². The number of hydrogen-bond acceptors (Lipinski definition) is 3. The molecule has 0 fully saturated rings. The van der Waals surface area contributed by atoms with Crippen molar-refractivity contribution in [3.63, 3.8) is 0 Å². The van der Waals surface area contributed by atoms with Gasteiger partial charge in [-0.25, -0.2) is 5.43 Å². The first kappa shape index (κ1) is 20.8. The quantitative estimate of drug-likeness (QED) is 0.556. The summed E-state index contributed by atoms with van der Waals surface area (Å²) in [5.74, 6) is -0.208. The van der Waals surface area contributed by atoms with E-state index in [2.05, 4.69) is 75.2 Å². The lowest BCUT2D eigenvalue weighted by atomic mass is 9.86. The van der Waals surface area contributed by atoms with Crippen LogP contribution < -0.4 is 10.3 Å². The molecular weight excluding hydrogens is 358 g/mol. The molecule has 0 saturated carbocycles. The van der Waals surface area contributed by atoms with Gasteiger partial charge in [0.25, 0.3) is 5.91 Å². The third-order valence-electron chi connectivity index (χ3n) is 5.46. The van der Waals surface area contributed by atoms with Crippen molar-refractivity contribution in [1.29, 1.82) is 0 Å². The first-order valence-corrected chi connectivity index (χ1v) is 10.1. The van der Waals surface area contributed by atoms with Crippen LogP contribution >= 0.6 is 0 Å². The molecule has 0 aliphatic carbocycles. The number of nitrogens with zero attached hydrogens (tertiary/aromatic N) is 2. The molecule has 0 spiro atoms. The average Bonchev–Trinajstić information content (AvgIpc) is 2.62. The molecule has 0 saturated heterocycles. The first-order valence-electron chi connectivity index (χ1n) is 10.1. The molecule has 1 aliphatic heterocycles. The SMILES string of the molecule is CC1=CC(C)(C)N(C(C)C)c2cc(C)c(/C=N/NC(=O)c3ccc(C)cc3)cc21. The highest BCUT2D eigenvalue weighted by atomic mass is 16.2. The molecule has 1 amide bonds. The van der Waals surface area contributed by atoms with Gasteiger partial charge in [0.2, 0.25) is 0 Å². The Kier molecular flexibility index (Phi) is 5.65. The Morgan fingerprint density at radius 3 is 2.38 bits per heavy atom. The van der Waals surface area contributed by atoms with Gasteiger partial charge in [0.15, 0.2) is 0 Å². The maximum Gasteiger partial charge on any atom is 0.271 e. The molecule has 2 aromatic carbocycles. The standard InChI is InChI=1S/C25H31N3O/c1-16(2)28-23-12-18(4)21(13-22(23)19(5)14-25(28,6)7)15-26-27-24(29)20-10-8-17(3)9-11-20/h8-16H,1-7H3,(H,27,29)/b26-15+. The summed E-state index contributed by atoms with van der Waals surface area (Å²) in [6, 6.07) is 12.2. The van der Waals surface area contributed by atoms with Crippen molar-refractivity contribution >= 4 is 23.4 Å². The molecule has 0 atom stereocenters.